The number of hydrogen-bond acceptors (Lipinski definition) is 3. The first-order valence-corrected chi connectivity index (χ1v) is 8.63. The first kappa shape index (κ1) is 18.3. The van der Waals surface area contributed by atoms with Crippen molar-refractivity contribution in [2.45, 2.75) is 6.61 Å². The van der Waals surface area contributed by atoms with Crippen molar-refractivity contribution < 1.29 is 14.3 Å². The molecule has 0 fully saturated rings. The highest BCUT2D eigenvalue weighted by molar-refractivity contribution is 6.02. The molecule has 0 atom stereocenters. The number of ether oxygens (including phenoxy) is 2. The van der Waals surface area contributed by atoms with E-state index in [4.69, 9.17) is 9.47 Å². The van der Waals surface area contributed by atoms with Gasteiger partial charge in [-0.15, -0.1) is 0 Å². The van der Waals surface area contributed by atoms with Crippen molar-refractivity contribution in [2.24, 2.45) is 0 Å². The predicted octanol–water partition coefficient (Wildman–Crippen LogP) is 4.93. The number of rotatable bonds is 7. The zero-order valence-electron chi connectivity index (χ0n) is 15.1. The van der Waals surface area contributed by atoms with Crippen LogP contribution >= 0.6 is 0 Å². The monoisotopic (exact) mass is 359 g/mol. The molecule has 0 spiro atoms. The quantitative estimate of drug-likeness (QED) is 0.609. The van der Waals surface area contributed by atoms with Crippen LogP contribution in [-0.2, 0) is 11.4 Å². The summed E-state index contributed by atoms with van der Waals surface area (Å²) in [6.45, 7) is 0.482. The first-order valence-electron chi connectivity index (χ1n) is 8.63. The normalized spacial score (nSPS) is 10.6. The van der Waals surface area contributed by atoms with Crippen LogP contribution in [0, 0.1) is 0 Å². The molecule has 0 saturated carbocycles. The summed E-state index contributed by atoms with van der Waals surface area (Å²) in [4.78, 5) is 12.1. The summed E-state index contributed by atoms with van der Waals surface area (Å²) < 4.78 is 10.9. The van der Waals surface area contributed by atoms with Gasteiger partial charge >= 0.3 is 0 Å². The van der Waals surface area contributed by atoms with E-state index < -0.39 is 0 Å². The minimum atomic E-state index is -0.203. The maximum Gasteiger partial charge on any atom is 0.248 e. The molecule has 1 amide bonds. The number of hydrogen-bond donors (Lipinski definition) is 1. The molecule has 0 aliphatic carbocycles. The van der Waals surface area contributed by atoms with Gasteiger partial charge in [-0.3, -0.25) is 4.79 Å². The summed E-state index contributed by atoms with van der Waals surface area (Å²) in [5.74, 6) is 1.28. The molecule has 0 unspecified atom stereocenters. The van der Waals surface area contributed by atoms with Crippen LogP contribution in [0.1, 0.15) is 11.1 Å². The van der Waals surface area contributed by atoms with Gasteiger partial charge in [0.1, 0.15) is 18.1 Å². The second-order valence-corrected chi connectivity index (χ2v) is 5.90. The molecule has 1 N–H and O–H groups in total. The van der Waals surface area contributed by atoms with Crippen LogP contribution in [0.4, 0.5) is 5.69 Å². The van der Waals surface area contributed by atoms with E-state index in [1.54, 1.807) is 13.2 Å². The molecule has 136 valence electrons. The molecule has 3 aromatic rings. The average Bonchev–Trinajstić information content (AvgIpc) is 2.72. The molecule has 0 aliphatic heterocycles. The van der Waals surface area contributed by atoms with Crippen molar-refractivity contribution in [3.05, 3.63) is 96.1 Å². The van der Waals surface area contributed by atoms with Gasteiger partial charge in [-0.2, -0.15) is 0 Å². The van der Waals surface area contributed by atoms with E-state index in [1.165, 1.54) is 6.08 Å². The Morgan fingerprint density at radius 1 is 0.926 bits per heavy atom. The highest BCUT2D eigenvalue weighted by atomic mass is 16.5. The summed E-state index contributed by atoms with van der Waals surface area (Å²) in [5.41, 5.74) is 2.70. The number of carbonyl (C=O) groups excluding carboxylic acids is 1. The van der Waals surface area contributed by atoms with E-state index in [-0.39, 0.29) is 5.91 Å². The van der Waals surface area contributed by atoms with Gasteiger partial charge in [0, 0.05) is 17.8 Å². The number of benzene rings is 3. The maximum atomic E-state index is 12.1. The second-order valence-electron chi connectivity index (χ2n) is 5.90. The van der Waals surface area contributed by atoms with E-state index in [9.17, 15) is 4.79 Å². The van der Waals surface area contributed by atoms with Gasteiger partial charge in [0.25, 0.3) is 0 Å². The maximum absolute atomic E-state index is 12.1. The fourth-order valence-electron chi connectivity index (χ4n) is 2.48. The molecule has 0 saturated heterocycles. The Bertz CT molecular complexity index is 902. The van der Waals surface area contributed by atoms with E-state index in [0.717, 1.165) is 16.9 Å². The van der Waals surface area contributed by atoms with Crippen LogP contribution in [0.5, 0.6) is 11.5 Å². The number of anilines is 1. The van der Waals surface area contributed by atoms with Crippen molar-refractivity contribution in [3.63, 3.8) is 0 Å². The lowest BCUT2D eigenvalue weighted by atomic mass is 10.2. The van der Waals surface area contributed by atoms with E-state index >= 15 is 0 Å². The molecular formula is C23H21NO3. The molecule has 0 aliphatic rings. The van der Waals surface area contributed by atoms with Crippen LogP contribution in [-0.4, -0.2) is 13.0 Å². The first-order chi connectivity index (χ1) is 13.2. The van der Waals surface area contributed by atoms with Gasteiger partial charge in [-0.05, 0) is 41.5 Å². The van der Waals surface area contributed by atoms with Crippen LogP contribution in [0.15, 0.2) is 84.9 Å². The Balaban J connectivity index is 1.56. The second kappa shape index (κ2) is 9.25. The van der Waals surface area contributed by atoms with E-state index in [0.29, 0.717) is 18.0 Å². The number of nitrogens with one attached hydrogen (secondary N) is 1. The third-order valence-corrected chi connectivity index (χ3v) is 3.89. The molecule has 4 nitrogen and oxygen atoms in total. The lowest BCUT2D eigenvalue weighted by Crippen LogP contribution is -2.07. The van der Waals surface area contributed by atoms with Gasteiger partial charge in [-0.25, -0.2) is 0 Å². The van der Waals surface area contributed by atoms with Crippen LogP contribution in [0.2, 0.25) is 0 Å². The van der Waals surface area contributed by atoms with Crippen molar-refractivity contribution in [3.8, 4) is 11.5 Å². The van der Waals surface area contributed by atoms with Gasteiger partial charge in [0.15, 0.2) is 0 Å². The van der Waals surface area contributed by atoms with Gasteiger partial charge < -0.3 is 14.8 Å². The molecule has 3 aromatic carbocycles. The fraction of sp³-hybridized carbons (Fsp3) is 0.0870. The summed E-state index contributed by atoms with van der Waals surface area (Å²) in [6.07, 6.45) is 3.25. The Morgan fingerprint density at radius 2 is 1.70 bits per heavy atom. The summed E-state index contributed by atoms with van der Waals surface area (Å²) >= 11 is 0. The standard InChI is InChI=1S/C23H21NO3/c1-26-21-13-10-18(11-14-21)12-15-23(25)24-20-8-5-9-22(16-20)27-17-19-6-3-2-4-7-19/h2-16H,17H2,1H3,(H,24,25)/b15-12+. The molecule has 0 heterocycles. The Labute approximate surface area is 159 Å². The van der Waals surface area contributed by atoms with Gasteiger partial charge in [0.2, 0.25) is 5.91 Å². The number of methoxy groups -OCH3 is 1. The largest absolute Gasteiger partial charge is 0.497 e. The van der Waals surface area contributed by atoms with Crippen LogP contribution < -0.4 is 14.8 Å². The topological polar surface area (TPSA) is 47.6 Å². The molecule has 27 heavy (non-hydrogen) atoms. The van der Waals surface area contributed by atoms with Crippen molar-refractivity contribution in [1.29, 1.82) is 0 Å². The molecule has 0 bridgehead atoms. The lowest BCUT2D eigenvalue weighted by molar-refractivity contribution is -0.111. The highest BCUT2D eigenvalue weighted by Crippen LogP contribution is 2.19. The molecule has 3 rings (SSSR count). The van der Waals surface area contributed by atoms with Gasteiger partial charge in [0.05, 0.1) is 7.11 Å². The molecule has 0 aromatic heterocycles. The van der Waals surface area contributed by atoms with E-state index in [2.05, 4.69) is 5.32 Å². The van der Waals surface area contributed by atoms with Crippen LogP contribution in [0.25, 0.3) is 6.08 Å². The van der Waals surface area contributed by atoms with Crippen LogP contribution in [0.3, 0.4) is 0 Å². The lowest BCUT2D eigenvalue weighted by Gasteiger charge is -2.08. The van der Waals surface area contributed by atoms with Crippen molar-refractivity contribution in [2.75, 3.05) is 12.4 Å². The van der Waals surface area contributed by atoms with Crippen molar-refractivity contribution in [1.82, 2.24) is 0 Å². The number of amides is 1. The third-order valence-electron chi connectivity index (χ3n) is 3.89. The summed E-state index contributed by atoms with van der Waals surface area (Å²) in [5, 5.41) is 2.84. The highest BCUT2D eigenvalue weighted by Gasteiger charge is 2.01. The zero-order valence-corrected chi connectivity index (χ0v) is 15.1. The predicted molar refractivity (Wildman–Crippen MR) is 108 cm³/mol. The zero-order chi connectivity index (χ0) is 18.9. The fourth-order valence-corrected chi connectivity index (χ4v) is 2.48. The Morgan fingerprint density at radius 3 is 2.44 bits per heavy atom. The SMILES string of the molecule is COc1ccc(/C=C/C(=O)Nc2cccc(OCc3ccccc3)c2)cc1. The molecular weight excluding hydrogens is 338 g/mol. The number of carbonyl (C=O) groups is 1. The summed E-state index contributed by atoms with van der Waals surface area (Å²) in [7, 11) is 1.62. The third kappa shape index (κ3) is 5.75. The van der Waals surface area contributed by atoms with Gasteiger partial charge in [-0.1, -0.05) is 48.5 Å². The smallest absolute Gasteiger partial charge is 0.248 e. The molecule has 4 heteroatoms. The Kier molecular flexibility index (Phi) is 6.26. The summed E-state index contributed by atoms with van der Waals surface area (Å²) in [6, 6.07) is 24.8. The average molecular weight is 359 g/mol. The molecule has 0 radical (unpaired) electrons. The Hall–Kier alpha value is -3.53. The van der Waals surface area contributed by atoms with E-state index in [1.807, 2.05) is 78.9 Å². The minimum Gasteiger partial charge on any atom is -0.497 e. The minimum absolute atomic E-state index is 0.203. The van der Waals surface area contributed by atoms with Crippen molar-refractivity contribution >= 4 is 17.7 Å².